The molecular formula is C14H19FN2S. The molecule has 2 nitrogen and oxygen atoms in total. The van der Waals surface area contributed by atoms with Crippen LogP contribution in [0, 0.1) is 12.7 Å². The third-order valence-corrected chi connectivity index (χ3v) is 4.25. The standard InChI is InChI=1S/C14H19FN2S/c1-4-14(3)7-8-18-13(17-14)16-12-9-10(2)5-6-11(12)15/h5-6,9H,4,7-8H2,1-3H3,(H,16,17). The normalized spacial score (nSPS) is 23.7. The molecule has 98 valence electrons. The number of nitrogens with one attached hydrogen (secondary N) is 1. The molecule has 1 unspecified atom stereocenters. The first kappa shape index (κ1) is 13.4. The summed E-state index contributed by atoms with van der Waals surface area (Å²) in [6.45, 7) is 6.25. The van der Waals surface area contributed by atoms with E-state index in [1.807, 2.05) is 13.0 Å². The van der Waals surface area contributed by atoms with Gasteiger partial charge in [-0.2, -0.15) is 0 Å². The predicted octanol–water partition coefficient (Wildman–Crippen LogP) is 4.21. The number of hydrogen-bond donors (Lipinski definition) is 1. The Morgan fingerprint density at radius 1 is 1.50 bits per heavy atom. The van der Waals surface area contributed by atoms with Gasteiger partial charge in [-0.05, 0) is 44.4 Å². The Morgan fingerprint density at radius 3 is 3.00 bits per heavy atom. The highest BCUT2D eigenvalue weighted by Crippen LogP contribution is 2.30. The number of nitrogens with zero attached hydrogens (tertiary/aromatic N) is 1. The van der Waals surface area contributed by atoms with Crippen molar-refractivity contribution in [2.75, 3.05) is 11.1 Å². The van der Waals surface area contributed by atoms with E-state index in [4.69, 9.17) is 4.99 Å². The quantitative estimate of drug-likeness (QED) is 0.867. The van der Waals surface area contributed by atoms with Crippen LogP contribution in [0.25, 0.3) is 0 Å². The molecule has 4 heteroatoms. The van der Waals surface area contributed by atoms with Gasteiger partial charge in [0.25, 0.3) is 0 Å². The molecule has 1 aromatic carbocycles. The molecule has 1 heterocycles. The molecule has 0 fully saturated rings. The summed E-state index contributed by atoms with van der Waals surface area (Å²) in [4.78, 5) is 4.70. The van der Waals surface area contributed by atoms with Crippen LogP contribution in [0.4, 0.5) is 10.1 Å². The number of amidine groups is 1. The third kappa shape index (κ3) is 3.05. The topological polar surface area (TPSA) is 24.4 Å². The van der Waals surface area contributed by atoms with Crippen LogP contribution >= 0.6 is 11.8 Å². The van der Waals surface area contributed by atoms with Crippen molar-refractivity contribution < 1.29 is 4.39 Å². The molecule has 0 radical (unpaired) electrons. The van der Waals surface area contributed by atoms with Crippen molar-refractivity contribution in [3.05, 3.63) is 29.6 Å². The second-order valence-corrected chi connectivity index (χ2v) is 6.06. The Kier molecular flexibility index (Phi) is 3.95. The average molecular weight is 266 g/mol. The first-order valence-electron chi connectivity index (χ1n) is 6.28. The van der Waals surface area contributed by atoms with Gasteiger partial charge >= 0.3 is 0 Å². The van der Waals surface area contributed by atoms with E-state index in [0.717, 1.165) is 29.3 Å². The lowest BCUT2D eigenvalue weighted by atomic mass is 9.97. The molecule has 0 amide bonds. The van der Waals surface area contributed by atoms with E-state index < -0.39 is 0 Å². The van der Waals surface area contributed by atoms with Gasteiger partial charge in [0.15, 0.2) is 5.17 Å². The van der Waals surface area contributed by atoms with Gasteiger partial charge in [-0.15, -0.1) is 0 Å². The molecule has 18 heavy (non-hydrogen) atoms. The molecular weight excluding hydrogens is 247 g/mol. The zero-order valence-electron chi connectivity index (χ0n) is 11.1. The third-order valence-electron chi connectivity index (χ3n) is 3.38. The highest BCUT2D eigenvalue weighted by atomic mass is 32.2. The molecule has 1 aliphatic rings. The zero-order chi connectivity index (χ0) is 13.2. The van der Waals surface area contributed by atoms with Crippen LogP contribution in [0.2, 0.25) is 0 Å². The zero-order valence-corrected chi connectivity index (χ0v) is 11.9. The lowest BCUT2D eigenvalue weighted by molar-refractivity contribution is 0.443. The molecule has 1 aliphatic heterocycles. The second kappa shape index (κ2) is 5.31. The minimum atomic E-state index is -0.229. The Labute approximate surface area is 112 Å². The highest BCUT2D eigenvalue weighted by molar-refractivity contribution is 8.14. The van der Waals surface area contributed by atoms with Gasteiger partial charge in [0.05, 0.1) is 11.2 Å². The summed E-state index contributed by atoms with van der Waals surface area (Å²) in [5, 5.41) is 3.95. The van der Waals surface area contributed by atoms with E-state index in [9.17, 15) is 4.39 Å². The summed E-state index contributed by atoms with van der Waals surface area (Å²) in [6.07, 6.45) is 2.09. The van der Waals surface area contributed by atoms with Crippen LogP contribution in [-0.4, -0.2) is 16.5 Å². The fraction of sp³-hybridized carbons (Fsp3) is 0.500. The van der Waals surface area contributed by atoms with Crippen LogP contribution in [0.15, 0.2) is 23.2 Å². The minimum absolute atomic E-state index is 0.00607. The van der Waals surface area contributed by atoms with Crippen molar-refractivity contribution in [3.8, 4) is 0 Å². The van der Waals surface area contributed by atoms with E-state index in [0.29, 0.717) is 5.69 Å². The summed E-state index contributed by atoms with van der Waals surface area (Å²) < 4.78 is 13.7. The van der Waals surface area contributed by atoms with Gasteiger partial charge in [0, 0.05) is 5.75 Å². The van der Waals surface area contributed by atoms with Gasteiger partial charge in [0.2, 0.25) is 0 Å². The highest BCUT2D eigenvalue weighted by Gasteiger charge is 2.26. The Balaban J connectivity index is 2.21. The van der Waals surface area contributed by atoms with E-state index in [1.165, 1.54) is 6.07 Å². The van der Waals surface area contributed by atoms with E-state index in [-0.39, 0.29) is 11.4 Å². The molecule has 0 saturated heterocycles. The number of benzene rings is 1. The Bertz CT molecular complexity index is 473. The number of thioether (sulfide) groups is 1. The second-order valence-electron chi connectivity index (χ2n) is 4.97. The van der Waals surface area contributed by atoms with Crippen LogP contribution in [0.3, 0.4) is 0 Å². The SMILES string of the molecule is CCC1(C)CCSC(Nc2cc(C)ccc2F)=N1. The first-order chi connectivity index (χ1) is 8.52. The summed E-state index contributed by atoms with van der Waals surface area (Å²) >= 11 is 1.66. The van der Waals surface area contributed by atoms with E-state index in [2.05, 4.69) is 19.2 Å². The number of rotatable bonds is 2. The number of aryl methyl sites for hydroxylation is 1. The molecule has 0 aromatic heterocycles. The van der Waals surface area contributed by atoms with E-state index in [1.54, 1.807) is 17.8 Å². The Morgan fingerprint density at radius 2 is 2.28 bits per heavy atom. The maximum Gasteiger partial charge on any atom is 0.161 e. The lowest BCUT2D eigenvalue weighted by Gasteiger charge is -2.29. The van der Waals surface area contributed by atoms with Gasteiger partial charge in [0.1, 0.15) is 5.82 Å². The monoisotopic (exact) mass is 266 g/mol. The molecule has 0 spiro atoms. The fourth-order valence-corrected chi connectivity index (χ4v) is 3.07. The van der Waals surface area contributed by atoms with Gasteiger partial charge in [-0.25, -0.2) is 4.39 Å². The van der Waals surface area contributed by atoms with Gasteiger partial charge in [-0.3, -0.25) is 4.99 Å². The van der Waals surface area contributed by atoms with Gasteiger partial charge < -0.3 is 5.32 Å². The van der Waals surface area contributed by atoms with Crippen LogP contribution < -0.4 is 5.32 Å². The minimum Gasteiger partial charge on any atom is -0.333 e. The number of hydrogen-bond acceptors (Lipinski definition) is 3. The summed E-state index contributed by atoms with van der Waals surface area (Å²) in [5.74, 6) is 0.802. The van der Waals surface area contributed by atoms with Crippen molar-refractivity contribution >= 4 is 22.6 Å². The van der Waals surface area contributed by atoms with Crippen molar-refractivity contribution in [2.45, 2.75) is 39.2 Å². The number of aliphatic imine (C=N–C) groups is 1. The van der Waals surface area contributed by atoms with Crippen LogP contribution in [0.1, 0.15) is 32.3 Å². The van der Waals surface area contributed by atoms with Crippen LogP contribution in [0.5, 0.6) is 0 Å². The molecule has 0 saturated carbocycles. The largest absolute Gasteiger partial charge is 0.333 e. The van der Waals surface area contributed by atoms with Crippen LogP contribution in [-0.2, 0) is 0 Å². The summed E-state index contributed by atoms with van der Waals surface area (Å²) in [5.41, 5.74) is 1.55. The molecule has 1 atom stereocenters. The molecule has 0 aliphatic carbocycles. The predicted molar refractivity (Wildman–Crippen MR) is 78.0 cm³/mol. The summed E-state index contributed by atoms with van der Waals surface area (Å²) in [7, 11) is 0. The molecule has 2 rings (SSSR count). The van der Waals surface area contributed by atoms with Crippen molar-refractivity contribution in [3.63, 3.8) is 0 Å². The smallest absolute Gasteiger partial charge is 0.161 e. The molecule has 1 aromatic rings. The Hall–Kier alpha value is -1.03. The van der Waals surface area contributed by atoms with Crippen molar-refractivity contribution in [2.24, 2.45) is 4.99 Å². The first-order valence-corrected chi connectivity index (χ1v) is 7.27. The van der Waals surface area contributed by atoms with Crippen molar-refractivity contribution in [1.82, 2.24) is 0 Å². The summed E-state index contributed by atoms with van der Waals surface area (Å²) in [6, 6.07) is 5.08. The maximum atomic E-state index is 13.7. The van der Waals surface area contributed by atoms with Crippen molar-refractivity contribution in [1.29, 1.82) is 0 Å². The molecule has 0 bridgehead atoms. The average Bonchev–Trinajstić information content (AvgIpc) is 2.34. The molecule has 1 N–H and O–H groups in total. The fourth-order valence-electron chi connectivity index (χ4n) is 1.87. The van der Waals surface area contributed by atoms with Gasteiger partial charge in [-0.1, -0.05) is 24.8 Å². The number of anilines is 1. The lowest BCUT2D eigenvalue weighted by Crippen LogP contribution is -2.29. The maximum absolute atomic E-state index is 13.7. The van der Waals surface area contributed by atoms with E-state index >= 15 is 0 Å². The number of halogens is 1.